The Hall–Kier alpha value is -1.66. The molecule has 0 aromatic heterocycles. The molecule has 0 aliphatic heterocycles. The van der Waals surface area contributed by atoms with Crippen molar-refractivity contribution in [2.45, 2.75) is 321 Å². The molecule has 3 N–H and O–H groups in total. The normalized spacial score (nSPS) is 12.8. The third-order valence-electron chi connectivity index (χ3n) is 13.3. The summed E-state index contributed by atoms with van der Waals surface area (Å²) in [7, 11) is 0. The number of unbranched alkanes of at least 4 members (excludes halogenated alkanes) is 38. The summed E-state index contributed by atoms with van der Waals surface area (Å²) in [6.45, 7) is 4.93. The molecule has 378 valence electrons. The van der Waals surface area contributed by atoms with Crippen molar-refractivity contribution < 1.29 is 24.5 Å². The van der Waals surface area contributed by atoms with Crippen LogP contribution in [0.25, 0.3) is 0 Å². The number of amides is 1. The number of nitrogens with one attached hydrogen (secondary N) is 1. The maximum Gasteiger partial charge on any atom is 0.305 e. The number of aliphatic hydroxyl groups excluding tert-OH is 2. The van der Waals surface area contributed by atoms with Crippen molar-refractivity contribution >= 4 is 11.9 Å². The van der Waals surface area contributed by atoms with Crippen LogP contribution in [0.2, 0.25) is 0 Å². The molecule has 0 spiro atoms. The first-order valence-electron chi connectivity index (χ1n) is 28.6. The van der Waals surface area contributed by atoms with Gasteiger partial charge in [0, 0.05) is 12.8 Å². The molecule has 0 saturated carbocycles. The molecule has 2 atom stereocenters. The van der Waals surface area contributed by atoms with Gasteiger partial charge in [-0.2, -0.15) is 0 Å². The van der Waals surface area contributed by atoms with E-state index in [1.807, 2.05) is 0 Å². The highest BCUT2D eigenvalue weighted by molar-refractivity contribution is 5.76. The van der Waals surface area contributed by atoms with E-state index < -0.39 is 12.1 Å². The number of carbonyl (C=O) groups is 2. The second kappa shape index (κ2) is 54.0. The predicted molar refractivity (Wildman–Crippen MR) is 278 cm³/mol. The van der Waals surface area contributed by atoms with Gasteiger partial charge in [-0.3, -0.25) is 9.59 Å². The van der Waals surface area contributed by atoms with E-state index in [-0.39, 0.29) is 18.5 Å². The van der Waals surface area contributed by atoms with Crippen LogP contribution in [0.4, 0.5) is 0 Å². The summed E-state index contributed by atoms with van der Waals surface area (Å²) in [6.07, 6.45) is 64.7. The quantitative estimate of drug-likeness (QED) is 0.0321. The van der Waals surface area contributed by atoms with Gasteiger partial charge in [-0.15, -0.1) is 0 Å². The summed E-state index contributed by atoms with van der Waals surface area (Å²) in [5.41, 5.74) is 0. The highest BCUT2D eigenvalue weighted by atomic mass is 16.5. The minimum Gasteiger partial charge on any atom is -0.466 e. The fourth-order valence-electron chi connectivity index (χ4n) is 8.85. The fraction of sp³-hybridized carbons (Fsp3) is 0.897. The molecular weight excluding hydrogens is 791 g/mol. The second-order valence-electron chi connectivity index (χ2n) is 19.6. The van der Waals surface area contributed by atoms with E-state index in [0.717, 1.165) is 44.9 Å². The second-order valence-corrected chi connectivity index (χ2v) is 19.6. The van der Waals surface area contributed by atoms with E-state index in [9.17, 15) is 19.8 Å². The van der Waals surface area contributed by atoms with E-state index in [0.29, 0.717) is 25.9 Å². The van der Waals surface area contributed by atoms with E-state index in [4.69, 9.17) is 4.74 Å². The van der Waals surface area contributed by atoms with Gasteiger partial charge < -0.3 is 20.3 Å². The van der Waals surface area contributed by atoms with Gasteiger partial charge in [0.25, 0.3) is 0 Å². The van der Waals surface area contributed by atoms with Crippen LogP contribution in [0.1, 0.15) is 309 Å². The van der Waals surface area contributed by atoms with Crippen LogP contribution in [0, 0.1) is 0 Å². The molecular formula is C58H111NO5. The first-order valence-corrected chi connectivity index (χ1v) is 28.6. The zero-order valence-electron chi connectivity index (χ0n) is 43.0. The Morgan fingerprint density at radius 3 is 1.19 bits per heavy atom. The topological polar surface area (TPSA) is 95.9 Å². The molecule has 64 heavy (non-hydrogen) atoms. The first kappa shape index (κ1) is 62.3. The number of aliphatic hydroxyl groups is 2. The van der Waals surface area contributed by atoms with Crippen molar-refractivity contribution in [3.05, 3.63) is 24.3 Å². The van der Waals surface area contributed by atoms with Gasteiger partial charge in [0.05, 0.1) is 25.4 Å². The standard InChI is InChI=1S/C58H111NO5/c1-3-5-7-9-11-13-31-36-40-44-48-52-58(63)64-53-49-45-41-37-33-30-28-26-24-22-20-18-16-14-15-17-19-21-23-25-27-29-32-35-39-43-47-51-57(62)59-55(54-60)56(61)50-46-42-38-34-12-10-8-6-4-2/h14-15,18,20,55-56,60-61H,3-13,16-17,19,21-54H2,1-2H3,(H,59,62)/b15-14-,20-18-. The zero-order chi connectivity index (χ0) is 46.5. The minimum absolute atomic E-state index is 0.0102. The third-order valence-corrected chi connectivity index (χ3v) is 13.3. The molecule has 0 rings (SSSR count). The molecule has 1 amide bonds. The Morgan fingerprint density at radius 2 is 0.781 bits per heavy atom. The summed E-state index contributed by atoms with van der Waals surface area (Å²) < 4.78 is 5.46. The van der Waals surface area contributed by atoms with E-state index in [1.165, 1.54) is 231 Å². The zero-order valence-corrected chi connectivity index (χ0v) is 43.0. The van der Waals surface area contributed by atoms with Crippen LogP contribution >= 0.6 is 0 Å². The summed E-state index contributed by atoms with van der Waals surface area (Å²) in [5.74, 6) is -0.0300. The molecule has 2 unspecified atom stereocenters. The number of carbonyl (C=O) groups excluding carboxylic acids is 2. The maximum atomic E-state index is 12.4. The Morgan fingerprint density at radius 1 is 0.438 bits per heavy atom. The van der Waals surface area contributed by atoms with Gasteiger partial charge in [0.1, 0.15) is 0 Å². The van der Waals surface area contributed by atoms with Gasteiger partial charge >= 0.3 is 5.97 Å². The lowest BCUT2D eigenvalue weighted by molar-refractivity contribution is -0.143. The van der Waals surface area contributed by atoms with Gasteiger partial charge in [0.15, 0.2) is 0 Å². The molecule has 0 saturated heterocycles. The highest BCUT2D eigenvalue weighted by Gasteiger charge is 2.20. The van der Waals surface area contributed by atoms with Crippen molar-refractivity contribution in [3.8, 4) is 0 Å². The largest absolute Gasteiger partial charge is 0.466 e. The average Bonchev–Trinajstić information content (AvgIpc) is 3.29. The number of rotatable bonds is 53. The lowest BCUT2D eigenvalue weighted by Crippen LogP contribution is -2.45. The Balaban J connectivity index is 3.39. The summed E-state index contributed by atoms with van der Waals surface area (Å²) >= 11 is 0. The number of allylic oxidation sites excluding steroid dienone is 4. The fourth-order valence-corrected chi connectivity index (χ4v) is 8.85. The average molecular weight is 903 g/mol. The van der Waals surface area contributed by atoms with E-state index in [1.54, 1.807) is 0 Å². The smallest absolute Gasteiger partial charge is 0.305 e. The summed E-state index contributed by atoms with van der Waals surface area (Å²) in [4.78, 5) is 24.4. The van der Waals surface area contributed by atoms with Gasteiger partial charge in [-0.05, 0) is 57.8 Å². The van der Waals surface area contributed by atoms with Crippen LogP contribution in [-0.2, 0) is 14.3 Å². The molecule has 0 aliphatic carbocycles. The monoisotopic (exact) mass is 902 g/mol. The molecule has 0 aromatic carbocycles. The van der Waals surface area contributed by atoms with Gasteiger partial charge in [-0.25, -0.2) is 0 Å². The molecule has 0 heterocycles. The lowest BCUT2D eigenvalue weighted by Gasteiger charge is -2.22. The van der Waals surface area contributed by atoms with Gasteiger partial charge in [0.2, 0.25) is 5.91 Å². The van der Waals surface area contributed by atoms with E-state index >= 15 is 0 Å². The van der Waals surface area contributed by atoms with Crippen LogP contribution in [0.5, 0.6) is 0 Å². The predicted octanol–water partition coefficient (Wildman–Crippen LogP) is 17.5. The van der Waals surface area contributed by atoms with E-state index in [2.05, 4.69) is 43.5 Å². The number of esters is 1. The molecule has 0 aromatic rings. The molecule has 6 heteroatoms. The van der Waals surface area contributed by atoms with Gasteiger partial charge in [-0.1, -0.05) is 263 Å². The maximum absolute atomic E-state index is 12.4. The molecule has 0 fully saturated rings. The Kier molecular flexibility index (Phi) is 52.6. The van der Waals surface area contributed by atoms with Crippen molar-refractivity contribution in [1.29, 1.82) is 0 Å². The van der Waals surface area contributed by atoms with Crippen molar-refractivity contribution in [3.63, 3.8) is 0 Å². The SMILES string of the molecule is CCCCCCCCCCCCCC(=O)OCCCCCCCCCCC/C=C\C/C=C\CCCCCCCCCCCCCC(=O)NC(CO)C(O)CCCCCCCCCCC. The Bertz CT molecular complexity index is 997. The molecule has 0 bridgehead atoms. The summed E-state index contributed by atoms with van der Waals surface area (Å²) in [6, 6.07) is -0.541. The van der Waals surface area contributed by atoms with Crippen molar-refractivity contribution in [2.24, 2.45) is 0 Å². The number of hydrogen-bond acceptors (Lipinski definition) is 5. The molecule has 0 aliphatic rings. The Labute approximate surface area is 399 Å². The molecule has 0 radical (unpaired) electrons. The third kappa shape index (κ3) is 49.8. The van der Waals surface area contributed by atoms with Crippen molar-refractivity contribution in [2.75, 3.05) is 13.2 Å². The van der Waals surface area contributed by atoms with Crippen molar-refractivity contribution in [1.82, 2.24) is 5.32 Å². The highest BCUT2D eigenvalue weighted by Crippen LogP contribution is 2.17. The minimum atomic E-state index is -0.663. The van der Waals surface area contributed by atoms with Crippen LogP contribution in [0.3, 0.4) is 0 Å². The lowest BCUT2D eigenvalue weighted by atomic mass is 10.0. The van der Waals surface area contributed by atoms with Crippen LogP contribution in [0.15, 0.2) is 24.3 Å². The molecule has 6 nitrogen and oxygen atoms in total. The number of hydrogen-bond donors (Lipinski definition) is 3. The number of ether oxygens (including phenoxy) is 1. The van der Waals surface area contributed by atoms with Crippen LogP contribution < -0.4 is 5.32 Å². The van der Waals surface area contributed by atoms with Crippen LogP contribution in [-0.4, -0.2) is 47.4 Å². The summed E-state index contributed by atoms with van der Waals surface area (Å²) in [5, 5.41) is 23.1. The first-order chi connectivity index (χ1) is 31.5.